The van der Waals surface area contributed by atoms with Gasteiger partial charge in [-0.25, -0.2) is 3.97 Å². The van der Waals surface area contributed by atoms with Gasteiger partial charge in [-0.15, -0.1) is 11.3 Å². The van der Waals surface area contributed by atoms with Crippen LogP contribution in [0.25, 0.3) is 10.9 Å². The molecule has 5 nitrogen and oxygen atoms in total. The van der Waals surface area contributed by atoms with E-state index in [4.69, 9.17) is 4.74 Å². The maximum Gasteiger partial charge on any atom is 0.277 e. The Balaban J connectivity index is 2.05. The van der Waals surface area contributed by atoms with Gasteiger partial charge in [-0.3, -0.25) is 0 Å². The van der Waals surface area contributed by atoms with E-state index in [-0.39, 0.29) is 0 Å². The topological polar surface area (TPSA) is 60.3 Å². The molecule has 0 aliphatic heterocycles. The van der Waals surface area contributed by atoms with Crippen molar-refractivity contribution in [3.8, 4) is 5.75 Å². The van der Waals surface area contributed by atoms with Crippen molar-refractivity contribution in [2.45, 2.75) is 4.21 Å². The number of likely N-dealkylation sites (N-methyl/N-ethyl adjacent to an activating group) is 1. The van der Waals surface area contributed by atoms with Crippen molar-refractivity contribution in [3.63, 3.8) is 0 Å². The van der Waals surface area contributed by atoms with Crippen molar-refractivity contribution >= 4 is 32.3 Å². The summed E-state index contributed by atoms with van der Waals surface area (Å²) in [5.41, 5.74) is 0.621. The molecule has 0 amide bonds. The third kappa shape index (κ3) is 2.63. The van der Waals surface area contributed by atoms with Gasteiger partial charge in [0.1, 0.15) is 16.6 Å². The number of hydrogen-bond acceptors (Lipinski definition) is 5. The molecule has 0 aliphatic rings. The van der Waals surface area contributed by atoms with Crippen LogP contribution in [0.4, 0.5) is 0 Å². The quantitative estimate of drug-likeness (QED) is 0.703. The number of aromatic nitrogens is 1. The molecule has 0 unspecified atom stereocenters. The summed E-state index contributed by atoms with van der Waals surface area (Å²) in [5, 5.41) is 5.55. The van der Waals surface area contributed by atoms with Gasteiger partial charge in [-0.2, -0.15) is 8.42 Å². The minimum atomic E-state index is -3.55. The van der Waals surface area contributed by atoms with Crippen LogP contribution < -0.4 is 10.1 Å². The van der Waals surface area contributed by atoms with Gasteiger partial charge in [0.15, 0.2) is 0 Å². The molecule has 0 saturated carbocycles. The summed E-state index contributed by atoms with van der Waals surface area (Å²) in [6.07, 6.45) is 1.57. The zero-order valence-electron chi connectivity index (χ0n) is 12.0. The smallest absolute Gasteiger partial charge is 0.277 e. The molecule has 1 aromatic carbocycles. The van der Waals surface area contributed by atoms with Crippen molar-refractivity contribution in [2.75, 3.05) is 20.2 Å². The highest BCUT2D eigenvalue weighted by Crippen LogP contribution is 2.30. The van der Waals surface area contributed by atoms with Crippen LogP contribution in [0.15, 0.2) is 52.2 Å². The van der Waals surface area contributed by atoms with E-state index in [9.17, 15) is 8.42 Å². The summed E-state index contributed by atoms with van der Waals surface area (Å²) in [5.74, 6) is 0.688. The summed E-state index contributed by atoms with van der Waals surface area (Å²) in [4.78, 5) is 0. The van der Waals surface area contributed by atoms with Crippen molar-refractivity contribution < 1.29 is 13.2 Å². The Labute approximate surface area is 133 Å². The number of rotatable bonds is 6. The average Bonchev–Trinajstić information content (AvgIpc) is 3.18. The number of nitrogens with one attached hydrogen (secondary N) is 1. The van der Waals surface area contributed by atoms with Crippen LogP contribution in [-0.2, 0) is 10.0 Å². The lowest BCUT2D eigenvalue weighted by atomic mass is 10.2. The van der Waals surface area contributed by atoms with E-state index in [1.807, 2.05) is 13.1 Å². The highest BCUT2D eigenvalue weighted by molar-refractivity contribution is 7.92. The van der Waals surface area contributed by atoms with Gasteiger partial charge in [-0.1, -0.05) is 12.1 Å². The molecule has 0 aliphatic carbocycles. The van der Waals surface area contributed by atoms with Crippen molar-refractivity contribution in [1.29, 1.82) is 0 Å². The lowest BCUT2D eigenvalue weighted by Crippen LogP contribution is -2.16. The summed E-state index contributed by atoms with van der Waals surface area (Å²) >= 11 is 1.21. The fourth-order valence-electron chi connectivity index (χ4n) is 2.22. The van der Waals surface area contributed by atoms with Crippen LogP contribution in [0.5, 0.6) is 5.75 Å². The molecule has 0 fully saturated rings. The third-order valence-corrected chi connectivity index (χ3v) is 6.34. The largest absolute Gasteiger partial charge is 0.492 e. The normalized spacial score (nSPS) is 11.9. The van der Waals surface area contributed by atoms with E-state index >= 15 is 0 Å². The van der Waals surface area contributed by atoms with Crippen molar-refractivity contribution in [2.24, 2.45) is 0 Å². The molecule has 2 aromatic heterocycles. The summed E-state index contributed by atoms with van der Waals surface area (Å²) < 4.78 is 32.7. The van der Waals surface area contributed by atoms with Gasteiger partial charge in [0.25, 0.3) is 10.0 Å². The maximum absolute atomic E-state index is 12.7. The minimum absolute atomic E-state index is 0.325. The third-order valence-electron chi connectivity index (χ3n) is 3.28. The van der Waals surface area contributed by atoms with Crippen molar-refractivity contribution in [1.82, 2.24) is 9.29 Å². The second-order valence-corrected chi connectivity index (χ2v) is 7.68. The Morgan fingerprint density at radius 2 is 2.09 bits per heavy atom. The van der Waals surface area contributed by atoms with E-state index in [1.54, 1.807) is 41.9 Å². The number of fused-ring (bicyclic) bond motifs is 1. The number of thiophene rings is 1. The van der Waals surface area contributed by atoms with Crippen LogP contribution in [0.2, 0.25) is 0 Å². The SMILES string of the molecule is CNCCOc1cccc2c1ccn2S(=O)(=O)c1cccs1. The van der Waals surface area contributed by atoms with E-state index in [0.717, 1.165) is 11.9 Å². The maximum atomic E-state index is 12.7. The monoisotopic (exact) mass is 336 g/mol. The molecule has 22 heavy (non-hydrogen) atoms. The Kier molecular flexibility index (Phi) is 4.19. The van der Waals surface area contributed by atoms with E-state index < -0.39 is 10.0 Å². The average molecular weight is 336 g/mol. The molecule has 7 heteroatoms. The molecule has 0 spiro atoms. The molecule has 3 aromatic rings. The molecule has 2 heterocycles. The fraction of sp³-hybridized carbons (Fsp3) is 0.200. The summed E-state index contributed by atoms with van der Waals surface area (Å²) in [6, 6.07) is 10.5. The second kappa shape index (κ2) is 6.12. The Morgan fingerprint density at radius 3 is 2.82 bits per heavy atom. The lowest BCUT2D eigenvalue weighted by Gasteiger charge is -2.09. The molecule has 0 atom stereocenters. The number of hydrogen-bond donors (Lipinski definition) is 1. The molecular formula is C15H16N2O3S2. The molecule has 0 radical (unpaired) electrons. The van der Waals surface area contributed by atoms with Crippen LogP contribution in [-0.4, -0.2) is 32.6 Å². The van der Waals surface area contributed by atoms with E-state index in [2.05, 4.69) is 5.32 Å². The predicted octanol–water partition coefficient (Wildman–Crippen LogP) is 2.54. The van der Waals surface area contributed by atoms with Crippen molar-refractivity contribution in [3.05, 3.63) is 48.0 Å². The van der Waals surface area contributed by atoms with Crippen LogP contribution >= 0.6 is 11.3 Å². The molecule has 1 N–H and O–H groups in total. The predicted molar refractivity (Wildman–Crippen MR) is 88.3 cm³/mol. The molecule has 3 rings (SSSR count). The number of benzene rings is 1. The Hall–Kier alpha value is -1.83. The number of nitrogens with zero attached hydrogens (tertiary/aromatic N) is 1. The first-order valence-electron chi connectivity index (χ1n) is 6.81. The fourth-order valence-corrected chi connectivity index (χ4v) is 4.65. The summed E-state index contributed by atoms with van der Waals surface area (Å²) in [7, 11) is -1.70. The van der Waals surface area contributed by atoms with Gasteiger partial charge in [0, 0.05) is 18.1 Å². The van der Waals surface area contributed by atoms with Gasteiger partial charge in [0.2, 0.25) is 0 Å². The van der Waals surface area contributed by atoms with Gasteiger partial charge in [-0.05, 0) is 36.7 Å². The first-order valence-corrected chi connectivity index (χ1v) is 9.13. The minimum Gasteiger partial charge on any atom is -0.492 e. The van der Waals surface area contributed by atoms with Crippen LogP contribution in [0, 0.1) is 0 Å². The van der Waals surface area contributed by atoms with Gasteiger partial charge < -0.3 is 10.1 Å². The van der Waals surface area contributed by atoms with E-state index in [0.29, 0.717) is 22.1 Å². The molecule has 0 bridgehead atoms. The standard InChI is InChI=1S/C15H16N2O3S2/c1-16-8-10-20-14-5-2-4-13-12(14)7-9-17(13)22(18,19)15-6-3-11-21-15/h2-7,9,11,16H,8,10H2,1H3. The Morgan fingerprint density at radius 1 is 1.23 bits per heavy atom. The van der Waals surface area contributed by atoms with E-state index in [1.165, 1.54) is 15.3 Å². The first-order chi connectivity index (χ1) is 10.6. The first kappa shape index (κ1) is 15.1. The van der Waals surface area contributed by atoms with Gasteiger partial charge >= 0.3 is 0 Å². The number of ether oxygens (including phenoxy) is 1. The van der Waals surface area contributed by atoms with Crippen LogP contribution in [0.1, 0.15) is 0 Å². The zero-order chi connectivity index (χ0) is 15.6. The zero-order valence-corrected chi connectivity index (χ0v) is 13.7. The highest BCUT2D eigenvalue weighted by atomic mass is 32.2. The molecular weight excluding hydrogens is 320 g/mol. The van der Waals surface area contributed by atoms with Gasteiger partial charge in [0.05, 0.1) is 5.52 Å². The van der Waals surface area contributed by atoms with Crippen LogP contribution in [0.3, 0.4) is 0 Å². The lowest BCUT2D eigenvalue weighted by molar-refractivity contribution is 0.322. The molecule has 0 saturated heterocycles. The Bertz CT molecular complexity index is 867. The highest BCUT2D eigenvalue weighted by Gasteiger charge is 2.20. The second-order valence-electron chi connectivity index (χ2n) is 4.69. The molecule has 116 valence electrons. The summed E-state index contributed by atoms with van der Waals surface area (Å²) in [6.45, 7) is 1.25.